The minimum atomic E-state index is -1.07. The number of ether oxygens (including phenoxy) is 1. The summed E-state index contributed by atoms with van der Waals surface area (Å²) < 4.78 is 5.83. The topological polar surface area (TPSA) is 61.8 Å². The molecule has 0 spiro atoms. The van der Waals surface area contributed by atoms with Gasteiger partial charge in [-0.2, -0.15) is 0 Å². The van der Waals surface area contributed by atoms with Crippen molar-refractivity contribution in [2.75, 3.05) is 26.7 Å². The number of nitrogens with zero attached hydrogens (tertiary/aromatic N) is 1. The number of carbonyl (C=O) groups is 1. The number of aliphatic carboxylic acids is 1. The van der Waals surface area contributed by atoms with E-state index in [0.717, 1.165) is 31.5 Å². The Bertz CT molecular complexity index is 496. The molecule has 3 unspecified atom stereocenters. The van der Waals surface area contributed by atoms with E-state index >= 15 is 0 Å². The molecule has 5 nitrogen and oxygen atoms in total. The maximum atomic E-state index is 12.0. The highest BCUT2D eigenvalue weighted by molar-refractivity contribution is 5.81. The Morgan fingerprint density at radius 1 is 1.33 bits per heavy atom. The zero-order valence-corrected chi connectivity index (χ0v) is 12.3. The lowest BCUT2D eigenvalue weighted by atomic mass is 9.89. The van der Waals surface area contributed by atoms with E-state index in [1.807, 2.05) is 30.3 Å². The molecule has 3 atom stereocenters. The molecular weight excluding hydrogens is 268 g/mol. The van der Waals surface area contributed by atoms with E-state index in [9.17, 15) is 9.90 Å². The number of morpholine rings is 1. The zero-order valence-electron chi connectivity index (χ0n) is 12.3. The van der Waals surface area contributed by atoms with Gasteiger partial charge in [0.2, 0.25) is 0 Å². The fourth-order valence-corrected chi connectivity index (χ4v) is 3.50. The van der Waals surface area contributed by atoms with Crippen molar-refractivity contribution in [3.8, 4) is 0 Å². The number of likely N-dealkylation sites (N-methyl/N-ethyl adjacent to an activating group) is 1. The lowest BCUT2D eigenvalue weighted by Crippen LogP contribution is -2.57. The van der Waals surface area contributed by atoms with Crippen LogP contribution in [0.5, 0.6) is 0 Å². The second-order valence-corrected chi connectivity index (χ2v) is 5.98. The van der Waals surface area contributed by atoms with Crippen LogP contribution in [0.2, 0.25) is 0 Å². The molecule has 2 aliphatic heterocycles. The number of hydrogen-bond donors (Lipinski definition) is 2. The predicted octanol–water partition coefficient (Wildman–Crippen LogP) is 1.05. The van der Waals surface area contributed by atoms with Gasteiger partial charge in [0, 0.05) is 19.6 Å². The van der Waals surface area contributed by atoms with Crippen molar-refractivity contribution in [3.05, 3.63) is 35.9 Å². The Hall–Kier alpha value is -1.43. The van der Waals surface area contributed by atoms with Gasteiger partial charge in [-0.1, -0.05) is 30.3 Å². The highest BCUT2D eigenvalue weighted by atomic mass is 16.5. The number of hydrogen-bond acceptors (Lipinski definition) is 4. The van der Waals surface area contributed by atoms with Crippen molar-refractivity contribution >= 4 is 5.97 Å². The Labute approximate surface area is 124 Å². The number of rotatable bonds is 5. The second kappa shape index (κ2) is 5.75. The van der Waals surface area contributed by atoms with E-state index in [0.29, 0.717) is 6.54 Å². The molecule has 0 aliphatic carbocycles. The lowest BCUT2D eigenvalue weighted by molar-refractivity contribution is -0.147. The summed E-state index contributed by atoms with van der Waals surface area (Å²) in [5.41, 5.74) is -0.281. The number of likely N-dealkylation sites (tertiary alicyclic amines) is 1. The molecule has 5 heteroatoms. The minimum absolute atomic E-state index is 0.267. The average molecular weight is 290 g/mol. The molecule has 0 saturated carbocycles. The average Bonchev–Trinajstić information content (AvgIpc) is 2.84. The van der Waals surface area contributed by atoms with Crippen molar-refractivity contribution in [1.29, 1.82) is 0 Å². The van der Waals surface area contributed by atoms with Crippen LogP contribution in [-0.2, 0) is 15.1 Å². The van der Waals surface area contributed by atoms with Gasteiger partial charge in [0.05, 0.1) is 12.2 Å². The molecule has 0 amide bonds. The molecule has 0 radical (unpaired) electrons. The maximum Gasteiger partial charge on any atom is 0.329 e. The summed E-state index contributed by atoms with van der Waals surface area (Å²) in [6.45, 7) is 2.10. The van der Waals surface area contributed by atoms with Crippen LogP contribution < -0.4 is 5.32 Å². The van der Waals surface area contributed by atoms with Crippen molar-refractivity contribution in [2.24, 2.45) is 0 Å². The molecule has 2 fully saturated rings. The number of benzene rings is 1. The molecule has 2 N–H and O–H groups in total. The molecule has 2 aliphatic rings. The van der Waals surface area contributed by atoms with Crippen LogP contribution in [0.4, 0.5) is 0 Å². The van der Waals surface area contributed by atoms with Gasteiger partial charge >= 0.3 is 5.97 Å². The van der Waals surface area contributed by atoms with Crippen molar-refractivity contribution in [1.82, 2.24) is 10.2 Å². The third-order valence-corrected chi connectivity index (χ3v) is 4.64. The summed E-state index contributed by atoms with van der Waals surface area (Å²) in [5, 5.41) is 12.9. The quantitative estimate of drug-likeness (QED) is 0.849. The van der Waals surface area contributed by atoms with Gasteiger partial charge in [-0.05, 0) is 25.5 Å². The first-order valence-electron chi connectivity index (χ1n) is 7.50. The molecule has 3 rings (SSSR count). The number of carboxylic acids is 1. The Morgan fingerprint density at radius 2 is 1.95 bits per heavy atom. The Balaban J connectivity index is 1.84. The summed E-state index contributed by atoms with van der Waals surface area (Å²) >= 11 is 0. The van der Waals surface area contributed by atoms with Crippen molar-refractivity contribution in [3.63, 3.8) is 0 Å². The lowest BCUT2D eigenvalue weighted by Gasteiger charge is -2.39. The summed E-state index contributed by atoms with van der Waals surface area (Å²) in [6, 6.07) is 9.42. The molecule has 2 bridgehead atoms. The van der Waals surface area contributed by atoms with Gasteiger partial charge in [0.15, 0.2) is 5.54 Å². The van der Waals surface area contributed by atoms with E-state index < -0.39 is 11.5 Å². The van der Waals surface area contributed by atoms with Crippen molar-refractivity contribution < 1.29 is 14.6 Å². The van der Waals surface area contributed by atoms with Gasteiger partial charge in [0.1, 0.15) is 0 Å². The predicted molar refractivity (Wildman–Crippen MR) is 79.2 cm³/mol. The molecule has 1 aromatic rings. The fourth-order valence-electron chi connectivity index (χ4n) is 3.50. The molecule has 1 aromatic carbocycles. The molecule has 2 saturated heterocycles. The zero-order chi connectivity index (χ0) is 14.9. The van der Waals surface area contributed by atoms with Crippen LogP contribution in [0.15, 0.2) is 30.3 Å². The van der Waals surface area contributed by atoms with Gasteiger partial charge < -0.3 is 15.2 Å². The first kappa shape index (κ1) is 14.5. The summed E-state index contributed by atoms with van der Waals surface area (Å²) in [7, 11) is 1.72. The SMILES string of the molecule is CNC(CN1CC2CCC(C1)O2)(C(=O)O)c1ccccc1. The largest absolute Gasteiger partial charge is 0.480 e. The van der Waals surface area contributed by atoms with Gasteiger partial charge in [0.25, 0.3) is 0 Å². The summed E-state index contributed by atoms with van der Waals surface area (Å²) in [6.07, 6.45) is 2.71. The molecule has 2 heterocycles. The highest BCUT2D eigenvalue weighted by Gasteiger charge is 2.43. The van der Waals surface area contributed by atoms with Crippen LogP contribution >= 0.6 is 0 Å². The van der Waals surface area contributed by atoms with E-state index in [4.69, 9.17) is 4.74 Å². The fraction of sp³-hybridized carbons (Fsp3) is 0.562. The van der Waals surface area contributed by atoms with Crippen LogP contribution in [0.3, 0.4) is 0 Å². The van der Waals surface area contributed by atoms with Crippen LogP contribution in [-0.4, -0.2) is 54.9 Å². The first-order valence-corrected chi connectivity index (χ1v) is 7.50. The van der Waals surface area contributed by atoms with Gasteiger partial charge in [-0.25, -0.2) is 4.79 Å². The molecular formula is C16H22N2O3. The van der Waals surface area contributed by atoms with E-state index in [1.165, 1.54) is 0 Å². The number of nitrogens with one attached hydrogen (secondary N) is 1. The third-order valence-electron chi connectivity index (χ3n) is 4.64. The standard InChI is InChI=1S/C16H22N2O3/c1-17-16(15(19)20,12-5-3-2-4-6-12)11-18-9-13-7-8-14(10-18)21-13/h2-6,13-14,17H,7-11H2,1H3,(H,19,20). The molecule has 21 heavy (non-hydrogen) atoms. The summed E-state index contributed by atoms with van der Waals surface area (Å²) in [4.78, 5) is 14.2. The van der Waals surface area contributed by atoms with E-state index in [2.05, 4.69) is 10.2 Å². The van der Waals surface area contributed by atoms with Crippen LogP contribution in [0, 0.1) is 0 Å². The monoisotopic (exact) mass is 290 g/mol. The van der Waals surface area contributed by atoms with E-state index in [1.54, 1.807) is 7.05 Å². The van der Waals surface area contributed by atoms with E-state index in [-0.39, 0.29) is 12.2 Å². The van der Waals surface area contributed by atoms with Crippen LogP contribution in [0.1, 0.15) is 18.4 Å². The Morgan fingerprint density at radius 3 is 2.48 bits per heavy atom. The smallest absolute Gasteiger partial charge is 0.329 e. The molecule has 114 valence electrons. The van der Waals surface area contributed by atoms with Gasteiger partial charge in [-0.3, -0.25) is 4.90 Å². The molecule has 0 aromatic heterocycles. The number of carboxylic acid groups (broad SMARTS) is 1. The highest BCUT2D eigenvalue weighted by Crippen LogP contribution is 2.29. The summed E-state index contributed by atoms with van der Waals surface area (Å²) in [5.74, 6) is -0.838. The second-order valence-electron chi connectivity index (χ2n) is 5.98. The minimum Gasteiger partial charge on any atom is -0.480 e. The Kier molecular flexibility index (Phi) is 3.97. The normalized spacial score (nSPS) is 28.2. The first-order chi connectivity index (χ1) is 10.1. The van der Waals surface area contributed by atoms with Crippen molar-refractivity contribution in [2.45, 2.75) is 30.6 Å². The maximum absolute atomic E-state index is 12.0. The third kappa shape index (κ3) is 2.69. The number of fused-ring (bicyclic) bond motifs is 2. The van der Waals surface area contributed by atoms with Crippen LogP contribution in [0.25, 0.3) is 0 Å². The van der Waals surface area contributed by atoms with Gasteiger partial charge in [-0.15, -0.1) is 0 Å².